The smallest absolute Gasteiger partial charge is 0.279 e. The number of carbonyl (C=O) groups is 1. The normalized spacial score (nSPS) is 19.6. The largest absolute Gasteiger partial charge is 0.337 e. The van der Waals surface area contributed by atoms with Crippen LogP contribution in [0, 0.1) is 0 Å². The molecule has 116 valence electrons. The van der Waals surface area contributed by atoms with Crippen molar-refractivity contribution in [3.05, 3.63) is 57.8 Å². The third-order valence-electron chi connectivity index (χ3n) is 3.75. The van der Waals surface area contributed by atoms with E-state index >= 15 is 0 Å². The fourth-order valence-electron chi connectivity index (χ4n) is 2.73. The Morgan fingerprint density at radius 3 is 2.83 bits per heavy atom. The van der Waals surface area contributed by atoms with Crippen LogP contribution in [0.4, 0.5) is 10.5 Å². The lowest BCUT2D eigenvalue weighted by molar-refractivity contribution is 0.250. The highest BCUT2D eigenvalue weighted by molar-refractivity contribution is 6.36. The molecular weight excluding hydrogens is 337 g/mol. The van der Waals surface area contributed by atoms with Crippen molar-refractivity contribution in [3.8, 4) is 0 Å². The van der Waals surface area contributed by atoms with Crippen molar-refractivity contribution >= 4 is 40.6 Å². The van der Waals surface area contributed by atoms with Gasteiger partial charge in [-0.2, -0.15) is 0 Å². The number of urea groups is 1. The van der Waals surface area contributed by atoms with Crippen LogP contribution in [-0.4, -0.2) is 29.4 Å². The van der Waals surface area contributed by atoms with Crippen LogP contribution < -0.4 is 15.8 Å². The van der Waals surface area contributed by atoms with Gasteiger partial charge in [-0.1, -0.05) is 41.4 Å². The number of nitrogens with zero attached hydrogens (tertiary/aromatic N) is 3. The number of hydrogen-bond acceptors (Lipinski definition) is 4. The maximum Gasteiger partial charge on any atom is 0.337 e. The number of hydrazine groups is 1. The highest BCUT2D eigenvalue weighted by Crippen LogP contribution is 2.31. The first-order valence-electron chi connectivity index (χ1n) is 6.96. The molecule has 8 heteroatoms. The zero-order valence-electron chi connectivity index (χ0n) is 11.8. The first-order chi connectivity index (χ1) is 11.1. The van der Waals surface area contributed by atoms with E-state index in [1.807, 2.05) is 18.2 Å². The Hall–Kier alpha value is -2.15. The van der Waals surface area contributed by atoms with Crippen molar-refractivity contribution in [3.63, 3.8) is 0 Å². The molecule has 2 aliphatic rings. The second-order valence-electron chi connectivity index (χ2n) is 5.13. The second kappa shape index (κ2) is 5.49. The third kappa shape index (κ3) is 2.35. The Morgan fingerprint density at radius 1 is 1.17 bits per heavy atom. The predicted octanol–water partition coefficient (Wildman–Crippen LogP) is 2.60. The van der Waals surface area contributed by atoms with E-state index in [9.17, 15) is 4.79 Å². The Morgan fingerprint density at radius 2 is 2.00 bits per heavy atom. The van der Waals surface area contributed by atoms with Gasteiger partial charge in [-0.3, -0.25) is 15.3 Å². The number of fused-ring (bicyclic) bond motifs is 3. The van der Waals surface area contributed by atoms with Gasteiger partial charge < -0.3 is 0 Å². The van der Waals surface area contributed by atoms with Crippen LogP contribution in [0.2, 0.25) is 10.2 Å². The molecular formula is C15H11Cl2N5O. The summed E-state index contributed by atoms with van der Waals surface area (Å²) < 4.78 is 0. The molecule has 0 spiro atoms. The number of hydrogen-bond donors (Lipinski definition) is 2. The molecule has 2 aliphatic heterocycles. The first kappa shape index (κ1) is 14.4. The van der Waals surface area contributed by atoms with Crippen LogP contribution >= 0.6 is 23.2 Å². The maximum atomic E-state index is 12.1. The van der Waals surface area contributed by atoms with Gasteiger partial charge in [0.1, 0.15) is 17.0 Å². The molecule has 4 rings (SSSR count). The van der Waals surface area contributed by atoms with E-state index in [0.29, 0.717) is 33.8 Å². The van der Waals surface area contributed by atoms with Crippen LogP contribution in [0.5, 0.6) is 0 Å². The summed E-state index contributed by atoms with van der Waals surface area (Å²) >= 11 is 12.4. The van der Waals surface area contributed by atoms with Crippen molar-refractivity contribution < 1.29 is 4.79 Å². The number of benzene rings is 1. The molecule has 0 bridgehead atoms. The minimum Gasteiger partial charge on any atom is -0.279 e. The molecule has 23 heavy (non-hydrogen) atoms. The summed E-state index contributed by atoms with van der Waals surface area (Å²) in [7, 11) is 0. The maximum absolute atomic E-state index is 12.1. The van der Waals surface area contributed by atoms with Crippen LogP contribution in [0.25, 0.3) is 0 Å². The molecule has 2 aromatic rings. The molecule has 1 aromatic carbocycles. The zero-order chi connectivity index (χ0) is 16.0. The van der Waals surface area contributed by atoms with E-state index in [0.717, 1.165) is 5.56 Å². The quantitative estimate of drug-likeness (QED) is 0.779. The molecule has 1 fully saturated rings. The third-order valence-corrected chi connectivity index (χ3v) is 4.29. The van der Waals surface area contributed by atoms with Crippen molar-refractivity contribution in [1.82, 2.24) is 15.8 Å². The summed E-state index contributed by atoms with van der Waals surface area (Å²) in [4.78, 5) is 22.7. The number of carbonyl (C=O) groups excluding carboxylic acids is 1. The minimum atomic E-state index is -0.288. The van der Waals surface area contributed by atoms with Crippen LogP contribution in [0.1, 0.15) is 11.3 Å². The lowest BCUT2D eigenvalue weighted by Gasteiger charge is -2.20. The summed E-state index contributed by atoms with van der Waals surface area (Å²) in [5.74, 6) is 0. The molecule has 1 atom stereocenters. The summed E-state index contributed by atoms with van der Waals surface area (Å²) in [6, 6.07) is 10.6. The second-order valence-corrected chi connectivity index (χ2v) is 5.93. The number of pyridine rings is 1. The SMILES string of the molecule is O=C1NNC2CN=C(c3ccccc3Cl)c3nc(Cl)ccc3N12. The standard InChI is InChI=1S/C15H11Cl2N5O/c16-9-4-2-1-3-8(9)13-14-10(5-6-11(17)19-14)22-12(7-18-13)20-21-15(22)23/h1-6,12,20H,7H2,(H,21,23). The van der Waals surface area contributed by atoms with Gasteiger partial charge in [0.2, 0.25) is 0 Å². The van der Waals surface area contributed by atoms with Gasteiger partial charge in [-0.25, -0.2) is 15.2 Å². The molecule has 0 aliphatic carbocycles. The fourth-order valence-corrected chi connectivity index (χ4v) is 3.10. The molecule has 1 saturated heterocycles. The Bertz CT molecular complexity index is 838. The minimum absolute atomic E-state index is 0.254. The number of aromatic nitrogens is 1. The van der Waals surface area contributed by atoms with E-state index in [-0.39, 0.29) is 12.2 Å². The van der Waals surface area contributed by atoms with Gasteiger partial charge in [0.25, 0.3) is 0 Å². The van der Waals surface area contributed by atoms with Crippen molar-refractivity contribution in [2.24, 2.45) is 4.99 Å². The van der Waals surface area contributed by atoms with E-state index in [1.165, 1.54) is 0 Å². The molecule has 0 radical (unpaired) electrons. The monoisotopic (exact) mass is 347 g/mol. The zero-order valence-corrected chi connectivity index (χ0v) is 13.3. The van der Waals surface area contributed by atoms with Crippen LogP contribution in [-0.2, 0) is 0 Å². The molecule has 2 amide bonds. The van der Waals surface area contributed by atoms with Gasteiger partial charge >= 0.3 is 6.03 Å². The molecule has 1 unspecified atom stereocenters. The molecule has 6 nitrogen and oxygen atoms in total. The summed E-state index contributed by atoms with van der Waals surface area (Å²) in [6.07, 6.45) is -0.288. The lowest BCUT2D eigenvalue weighted by atomic mass is 10.1. The predicted molar refractivity (Wildman–Crippen MR) is 89.1 cm³/mol. The van der Waals surface area contributed by atoms with E-state index < -0.39 is 0 Å². The topological polar surface area (TPSA) is 69.6 Å². The van der Waals surface area contributed by atoms with E-state index in [4.69, 9.17) is 23.2 Å². The van der Waals surface area contributed by atoms with Crippen molar-refractivity contribution in [2.45, 2.75) is 6.17 Å². The Balaban J connectivity index is 1.95. The number of aliphatic imine (C=N–C) groups is 1. The van der Waals surface area contributed by atoms with E-state index in [1.54, 1.807) is 23.1 Å². The molecule has 3 heterocycles. The van der Waals surface area contributed by atoms with Crippen molar-refractivity contribution in [1.29, 1.82) is 0 Å². The van der Waals surface area contributed by atoms with Gasteiger partial charge in [0.05, 0.1) is 23.0 Å². The van der Waals surface area contributed by atoms with Gasteiger partial charge in [0, 0.05) is 5.56 Å². The highest BCUT2D eigenvalue weighted by atomic mass is 35.5. The van der Waals surface area contributed by atoms with E-state index in [2.05, 4.69) is 20.8 Å². The van der Waals surface area contributed by atoms with Gasteiger partial charge in [-0.15, -0.1) is 0 Å². The average Bonchev–Trinajstić information content (AvgIpc) is 2.82. The first-order valence-corrected chi connectivity index (χ1v) is 7.72. The Labute approximate surface area is 142 Å². The molecule has 2 N–H and O–H groups in total. The summed E-state index contributed by atoms with van der Waals surface area (Å²) in [6.45, 7) is 0.368. The molecule has 1 aromatic heterocycles. The highest BCUT2D eigenvalue weighted by Gasteiger charge is 2.36. The fraction of sp³-hybridized carbons (Fsp3) is 0.133. The van der Waals surface area contributed by atoms with Crippen molar-refractivity contribution in [2.75, 3.05) is 11.4 Å². The summed E-state index contributed by atoms with van der Waals surface area (Å²) in [5.41, 5.74) is 8.06. The van der Waals surface area contributed by atoms with Gasteiger partial charge in [-0.05, 0) is 18.2 Å². The number of amides is 2. The number of halogens is 2. The lowest BCUT2D eigenvalue weighted by Crippen LogP contribution is -2.39. The summed E-state index contributed by atoms with van der Waals surface area (Å²) in [5, 5.41) is 0.896. The van der Waals surface area contributed by atoms with Gasteiger partial charge in [0.15, 0.2) is 0 Å². The number of rotatable bonds is 1. The molecule has 0 saturated carbocycles. The average molecular weight is 348 g/mol. The number of nitrogens with one attached hydrogen (secondary N) is 2. The Kier molecular flexibility index (Phi) is 3.45. The van der Waals surface area contributed by atoms with Crippen LogP contribution in [0.15, 0.2) is 41.4 Å². The van der Waals surface area contributed by atoms with Crippen LogP contribution in [0.3, 0.4) is 0 Å². The number of anilines is 1.